The number of esters is 1. The van der Waals surface area contributed by atoms with Crippen LogP contribution in [0.5, 0.6) is 5.88 Å². The Morgan fingerprint density at radius 2 is 1.70 bits per heavy atom. The van der Waals surface area contributed by atoms with Gasteiger partial charge in [0.1, 0.15) is 0 Å². The molecule has 5 aromatic rings. The minimum atomic E-state index is -0.608. The Kier molecular flexibility index (Phi) is 7.70. The Morgan fingerprint density at radius 1 is 0.909 bits per heavy atom. The van der Waals surface area contributed by atoms with Crippen molar-refractivity contribution >= 4 is 34.4 Å². The summed E-state index contributed by atoms with van der Waals surface area (Å²) in [4.78, 5) is 34.7. The van der Waals surface area contributed by atoms with E-state index in [9.17, 15) is 9.59 Å². The van der Waals surface area contributed by atoms with Crippen LogP contribution in [0.1, 0.15) is 69.5 Å². The van der Waals surface area contributed by atoms with Gasteiger partial charge in [-0.3, -0.25) is 0 Å². The predicted octanol–water partition coefficient (Wildman–Crippen LogP) is 6.66. The first-order valence-electron chi connectivity index (χ1n) is 15.2. The van der Waals surface area contributed by atoms with Crippen LogP contribution in [0, 0.1) is 0 Å². The van der Waals surface area contributed by atoms with E-state index >= 15 is 0 Å². The number of carbonyl (C=O) groups is 2. The van der Waals surface area contributed by atoms with E-state index in [1.807, 2.05) is 16.9 Å². The van der Waals surface area contributed by atoms with Gasteiger partial charge in [-0.25, -0.2) is 14.3 Å². The molecule has 0 bridgehead atoms. The lowest BCUT2D eigenvalue weighted by Crippen LogP contribution is -2.34. The van der Waals surface area contributed by atoms with Crippen LogP contribution in [0.4, 0.5) is 0 Å². The molecule has 9 heteroatoms. The van der Waals surface area contributed by atoms with E-state index in [1.54, 1.807) is 36.4 Å². The van der Waals surface area contributed by atoms with Crippen molar-refractivity contribution in [2.45, 2.75) is 44.9 Å². The second-order valence-corrected chi connectivity index (χ2v) is 12.0. The van der Waals surface area contributed by atoms with Gasteiger partial charge in [0.15, 0.2) is 0 Å². The number of aromatic nitrogens is 3. The lowest BCUT2D eigenvalue weighted by atomic mass is 9.88. The zero-order chi connectivity index (χ0) is 30.2. The molecule has 0 N–H and O–H groups in total. The van der Waals surface area contributed by atoms with Crippen molar-refractivity contribution in [2.24, 2.45) is 0 Å². The summed E-state index contributed by atoms with van der Waals surface area (Å²) in [7, 11) is 0. The third-order valence-electron chi connectivity index (χ3n) is 8.68. The molecule has 0 spiro atoms. The van der Waals surface area contributed by atoms with Crippen LogP contribution in [-0.4, -0.2) is 51.0 Å². The molecule has 0 saturated carbocycles. The minimum Gasteiger partial charge on any atom is -0.402 e. The van der Waals surface area contributed by atoms with Gasteiger partial charge in [0.25, 0.3) is 0 Å². The molecule has 0 atom stereocenters. The Labute approximate surface area is 260 Å². The number of benzene rings is 3. The van der Waals surface area contributed by atoms with Crippen molar-refractivity contribution in [3.05, 3.63) is 112 Å². The number of ether oxygens (including phenoxy) is 1. The van der Waals surface area contributed by atoms with Crippen molar-refractivity contribution in [3.8, 4) is 11.6 Å². The third-order valence-corrected chi connectivity index (χ3v) is 8.91. The molecule has 8 nitrogen and oxygen atoms in total. The zero-order valence-corrected chi connectivity index (χ0v) is 25.3. The van der Waals surface area contributed by atoms with Crippen molar-refractivity contribution in [3.63, 3.8) is 0 Å². The predicted molar refractivity (Wildman–Crippen MR) is 169 cm³/mol. The number of fused-ring (bicyclic) bond motifs is 4. The van der Waals surface area contributed by atoms with Gasteiger partial charge in [0.05, 0.1) is 28.5 Å². The van der Waals surface area contributed by atoms with Gasteiger partial charge in [-0.15, -0.1) is 4.73 Å². The normalized spacial score (nSPS) is 15.8. The van der Waals surface area contributed by atoms with E-state index < -0.39 is 11.9 Å². The minimum absolute atomic E-state index is 0.0998. The number of piperidine rings is 1. The first-order chi connectivity index (χ1) is 21.5. The summed E-state index contributed by atoms with van der Waals surface area (Å²) in [5.74, 6) is -0.834. The number of nitrogens with zero attached hydrogens (tertiary/aromatic N) is 4. The topological polar surface area (TPSA) is 78.6 Å². The quantitative estimate of drug-likeness (QED) is 0.192. The van der Waals surface area contributed by atoms with Gasteiger partial charge in [-0.05, 0) is 98.3 Å². The third kappa shape index (κ3) is 5.40. The highest BCUT2D eigenvalue weighted by molar-refractivity contribution is 6.31. The number of hydrogen-bond donors (Lipinski definition) is 0. The van der Waals surface area contributed by atoms with Crippen molar-refractivity contribution in [1.29, 1.82) is 0 Å². The highest BCUT2D eigenvalue weighted by Gasteiger charge is 2.34. The number of likely N-dealkylation sites (tertiary alicyclic amines) is 1. The van der Waals surface area contributed by atoms with E-state index in [0.717, 1.165) is 68.4 Å². The number of hydrogen-bond acceptors (Lipinski definition) is 6. The molecule has 0 amide bonds. The molecule has 2 aliphatic rings. The lowest BCUT2D eigenvalue weighted by Gasteiger charge is -2.32. The highest BCUT2D eigenvalue weighted by atomic mass is 35.5. The molecule has 44 heavy (non-hydrogen) atoms. The molecular formula is C35H33ClN4O4. The summed E-state index contributed by atoms with van der Waals surface area (Å²) >= 11 is 6.43. The van der Waals surface area contributed by atoms with Crippen LogP contribution < -0.4 is 9.57 Å². The second-order valence-electron chi connectivity index (χ2n) is 11.6. The number of halogens is 1. The average Bonchev–Trinajstić information content (AvgIpc) is 3.62. The van der Waals surface area contributed by atoms with Crippen LogP contribution in [0.15, 0.2) is 79.1 Å². The van der Waals surface area contributed by atoms with E-state index in [-0.39, 0.29) is 22.9 Å². The van der Waals surface area contributed by atoms with E-state index in [0.29, 0.717) is 10.5 Å². The molecule has 1 saturated heterocycles. The first-order valence-corrected chi connectivity index (χ1v) is 15.6. The van der Waals surface area contributed by atoms with Gasteiger partial charge in [-0.1, -0.05) is 49.2 Å². The van der Waals surface area contributed by atoms with Gasteiger partial charge in [0.2, 0.25) is 5.88 Å². The van der Waals surface area contributed by atoms with Crippen molar-refractivity contribution in [2.75, 3.05) is 19.6 Å². The molecule has 0 radical (unpaired) electrons. The maximum atomic E-state index is 13.3. The maximum absolute atomic E-state index is 13.3. The molecule has 0 unspecified atom stereocenters. The van der Waals surface area contributed by atoms with Crippen LogP contribution in [-0.2, 0) is 12.8 Å². The molecule has 0 aliphatic carbocycles. The van der Waals surface area contributed by atoms with Crippen LogP contribution >= 0.6 is 11.6 Å². The molecular weight excluding hydrogens is 576 g/mol. The van der Waals surface area contributed by atoms with Crippen LogP contribution in [0.3, 0.4) is 0 Å². The average molecular weight is 609 g/mol. The lowest BCUT2D eigenvalue weighted by molar-refractivity contribution is 0.0379. The summed E-state index contributed by atoms with van der Waals surface area (Å²) in [6, 6.07) is 20.5. The number of aryl methyl sites for hydroxylation is 1. The highest BCUT2D eigenvalue weighted by Crippen LogP contribution is 2.43. The monoisotopic (exact) mass is 608 g/mol. The van der Waals surface area contributed by atoms with E-state index in [4.69, 9.17) is 21.2 Å². The van der Waals surface area contributed by atoms with E-state index in [1.165, 1.54) is 15.9 Å². The summed E-state index contributed by atoms with van der Waals surface area (Å²) in [5.41, 5.74) is 5.47. The summed E-state index contributed by atoms with van der Waals surface area (Å²) < 4.78 is 9.32. The fourth-order valence-corrected chi connectivity index (χ4v) is 6.61. The standard InChI is InChI=1S/C35H33ClN4O4/c1-2-6-23-7-5-8-27(19-23)39-22-24(21-37-39)13-16-38-17-14-25(15-18-38)32-30-20-26(36)11-12-31(30)40-33(32)43-34(41)28-9-3-4-10-29(28)35(42)44-40/h3-5,7-12,19-22,25H,2,6,13-18H2,1H3. The molecule has 7 rings (SSSR count). The summed E-state index contributed by atoms with van der Waals surface area (Å²) in [5, 5.41) is 6.01. The number of rotatable bonds is 7. The summed E-state index contributed by atoms with van der Waals surface area (Å²) in [6.45, 7) is 4.90. The largest absolute Gasteiger partial charge is 0.402 e. The van der Waals surface area contributed by atoms with Crippen molar-refractivity contribution < 1.29 is 19.2 Å². The maximum Gasteiger partial charge on any atom is 0.364 e. The molecule has 4 heterocycles. The first kappa shape index (κ1) is 28.4. The Morgan fingerprint density at radius 3 is 2.50 bits per heavy atom. The summed E-state index contributed by atoms with van der Waals surface area (Å²) in [6.07, 6.45) is 8.91. The van der Waals surface area contributed by atoms with Crippen molar-refractivity contribution in [1.82, 2.24) is 19.4 Å². The molecule has 2 aliphatic heterocycles. The molecule has 2 aromatic heterocycles. The Balaban J connectivity index is 1.08. The fourth-order valence-electron chi connectivity index (χ4n) is 6.44. The zero-order valence-electron chi connectivity index (χ0n) is 24.5. The van der Waals surface area contributed by atoms with E-state index in [2.05, 4.69) is 47.4 Å². The number of carbonyl (C=O) groups excluding carboxylic acids is 2. The van der Waals surface area contributed by atoms with Crippen LogP contribution in [0.2, 0.25) is 5.02 Å². The van der Waals surface area contributed by atoms with Gasteiger partial charge in [-0.2, -0.15) is 5.10 Å². The smallest absolute Gasteiger partial charge is 0.364 e. The Hall–Kier alpha value is -4.40. The molecule has 3 aromatic carbocycles. The van der Waals surface area contributed by atoms with Crippen LogP contribution in [0.25, 0.3) is 16.6 Å². The van der Waals surface area contributed by atoms with Gasteiger partial charge < -0.3 is 14.5 Å². The van der Waals surface area contributed by atoms with Gasteiger partial charge >= 0.3 is 11.9 Å². The molecule has 224 valence electrons. The SMILES string of the molecule is CCCc1cccc(-n2cc(CCN3CCC(c4c5n(c6ccc(Cl)cc46)OC(=O)c4ccccc4C(=O)O5)CC3)cn2)c1. The second kappa shape index (κ2) is 11.9. The fraction of sp³-hybridized carbons (Fsp3) is 0.286. The Bertz CT molecular complexity index is 1870. The van der Waals surface area contributed by atoms with Gasteiger partial charge in [0, 0.05) is 28.7 Å². The molecule has 1 fully saturated rings.